The van der Waals surface area contributed by atoms with E-state index in [1.807, 2.05) is 0 Å². The molecule has 0 aromatic rings. The summed E-state index contributed by atoms with van der Waals surface area (Å²) in [5, 5.41) is 8.88. The summed E-state index contributed by atoms with van der Waals surface area (Å²) >= 11 is 0. The monoisotopic (exact) mass is 183 g/mol. The molecular weight excluding hydrogens is 170 g/mol. The molecule has 2 aliphatic rings. The summed E-state index contributed by atoms with van der Waals surface area (Å²) in [7, 11) is 0. The number of hydrogen-bond donors (Lipinski definition) is 1. The summed E-state index contributed by atoms with van der Waals surface area (Å²) in [5.41, 5.74) is 0. The topological polar surface area (TPSA) is 57.6 Å². The number of carboxylic acid groups (broad SMARTS) is 1. The summed E-state index contributed by atoms with van der Waals surface area (Å²) in [6.07, 6.45) is 3.99. The lowest BCUT2D eigenvalue weighted by Crippen LogP contribution is -2.48. The number of hydrogen-bond acceptors (Lipinski definition) is 2. The highest BCUT2D eigenvalue weighted by Crippen LogP contribution is 2.32. The maximum Gasteiger partial charge on any atom is 0.326 e. The Morgan fingerprint density at radius 2 is 2.08 bits per heavy atom. The van der Waals surface area contributed by atoms with E-state index in [-0.39, 0.29) is 11.9 Å². The van der Waals surface area contributed by atoms with Crippen LogP contribution >= 0.6 is 0 Å². The van der Waals surface area contributed by atoms with Gasteiger partial charge in [0, 0.05) is 12.5 Å². The molecule has 1 aliphatic heterocycles. The molecule has 72 valence electrons. The van der Waals surface area contributed by atoms with Crippen LogP contribution in [0.1, 0.15) is 32.1 Å². The van der Waals surface area contributed by atoms with Gasteiger partial charge < -0.3 is 10.0 Å². The first-order chi connectivity index (χ1) is 6.20. The van der Waals surface area contributed by atoms with Gasteiger partial charge in [0.05, 0.1) is 0 Å². The maximum absolute atomic E-state index is 11.4. The van der Waals surface area contributed by atoms with Crippen LogP contribution in [0.25, 0.3) is 0 Å². The summed E-state index contributed by atoms with van der Waals surface area (Å²) in [6.45, 7) is 0. The highest BCUT2D eigenvalue weighted by Gasteiger charge is 2.41. The van der Waals surface area contributed by atoms with Crippen molar-refractivity contribution >= 4 is 11.9 Å². The second-order valence-electron chi connectivity index (χ2n) is 3.78. The van der Waals surface area contributed by atoms with E-state index in [0.717, 1.165) is 19.3 Å². The molecular formula is C9H13NO3. The standard InChI is InChI=1S/C9H13NO3/c11-8-5-4-7(9(12)13)10(8)6-2-1-3-6/h6-7H,1-5H2,(H,12,13). The van der Waals surface area contributed by atoms with Gasteiger partial charge in [-0.3, -0.25) is 4.79 Å². The minimum atomic E-state index is -0.849. The number of carboxylic acids is 1. The average molecular weight is 183 g/mol. The molecule has 0 aromatic carbocycles. The van der Waals surface area contributed by atoms with Crippen LogP contribution in [0.4, 0.5) is 0 Å². The van der Waals surface area contributed by atoms with Crippen molar-refractivity contribution in [2.75, 3.05) is 0 Å². The van der Waals surface area contributed by atoms with Gasteiger partial charge in [-0.2, -0.15) is 0 Å². The van der Waals surface area contributed by atoms with E-state index in [0.29, 0.717) is 12.8 Å². The van der Waals surface area contributed by atoms with Crippen LogP contribution < -0.4 is 0 Å². The van der Waals surface area contributed by atoms with Crippen molar-refractivity contribution < 1.29 is 14.7 Å². The van der Waals surface area contributed by atoms with Crippen molar-refractivity contribution in [1.29, 1.82) is 0 Å². The molecule has 1 saturated carbocycles. The summed E-state index contributed by atoms with van der Waals surface area (Å²) in [6, 6.07) is -0.325. The molecule has 1 N–H and O–H groups in total. The first kappa shape index (κ1) is 8.53. The molecule has 0 spiro atoms. The Bertz CT molecular complexity index is 247. The fourth-order valence-electron chi connectivity index (χ4n) is 2.07. The van der Waals surface area contributed by atoms with Crippen LogP contribution in [0.5, 0.6) is 0 Å². The molecule has 0 aromatic heterocycles. The Morgan fingerprint density at radius 3 is 2.54 bits per heavy atom. The van der Waals surface area contributed by atoms with Crippen molar-refractivity contribution in [3.05, 3.63) is 0 Å². The zero-order valence-electron chi connectivity index (χ0n) is 7.40. The summed E-state index contributed by atoms with van der Waals surface area (Å²) in [4.78, 5) is 23.8. The largest absolute Gasteiger partial charge is 0.480 e. The Hall–Kier alpha value is -1.06. The molecule has 0 radical (unpaired) electrons. The van der Waals surface area contributed by atoms with E-state index in [4.69, 9.17) is 5.11 Å². The SMILES string of the molecule is O=C(O)C1CCC(=O)N1C1CCC1. The van der Waals surface area contributed by atoms with Crippen LogP contribution in [0.3, 0.4) is 0 Å². The number of likely N-dealkylation sites (tertiary alicyclic amines) is 1. The number of carbonyl (C=O) groups excluding carboxylic acids is 1. The number of rotatable bonds is 2. The first-order valence-corrected chi connectivity index (χ1v) is 4.74. The maximum atomic E-state index is 11.4. The Balaban J connectivity index is 2.10. The average Bonchev–Trinajstić information content (AvgIpc) is 2.30. The number of amides is 1. The van der Waals surface area contributed by atoms with E-state index in [9.17, 15) is 9.59 Å². The third-order valence-electron chi connectivity index (χ3n) is 3.01. The van der Waals surface area contributed by atoms with Crippen molar-refractivity contribution in [2.24, 2.45) is 0 Å². The Kier molecular flexibility index (Phi) is 1.98. The molecule has 4 heteroatoms. The molecule has 1 saturated heterocycles. The van der Waals surface area contributed by atoms with Gasteiger partial charge in [0.1, 0.15) is 6.04 Å². The van der Waals surface area contributed by atoms with Crippen molar-refractivity contribution in [1.82, 2.24) is 4.90 Å². The molecule has 2 fully saturated rings. The van der Waals surface area contributed by atoms with Crippen molar-refractivity contribution in [3.63, 3.8) is 0 Å². The fourth-order valence-corrected chi connectivity index (χ4v) is 2.07. The molecule has 4 nitrogen and oxygen atoms in total. The smallest absolute Gasteiger partial charge is 0.326 e. The quantitative estimate of drug-likeness (QED) is 0.682. The summed E-state index contributed by atoms with van der Waals surface area (Å²) < 4.78 is 0. The van der Waals surface area contributed by atoms with Crippen LogP contribution in [0, 0.1) is 0 Å². The van der Waals surface area contributed by atoms with Crippen LogP contribution in [-0.4, -0.2) is 34.0 Å². The van der Waals surface area contributed by atoms with E-state index in [1.54, 1.807) is 4.90 Å². The molecule has 0 bridgehead atoms. The highest BCUT2D eigenvalue weighted by molar-refractivity contribution is 5.87. The number of nitrogens with zero attached hydrogens (tertiary/aromatic N) is 1. The lowest BCUT2D eigenvalue weighted by molar-refractivity contribution is -0.149. The highest BCUT2D eigenvalue weighted by atomic mass is 16.4. The second kappa shape index (κ2) is 3.01. The normalized spacial score (nSPS) is 29.1. The molecule has 1 aliphatic carbocycles. The van der Waals surface area contributed by atoms with Gasteiger partial charge in [-0.15, -0.1) is 0 Å². The minimum Gasteiger partial charge on any atom is -0.480 e. The van der Waals surface area contributed by atoms with Gasteiger partial charge in [-0.05, 0) is 25.7 Å². The molecule has 2 rings (SSSR count). The second-order valence-corrected chi connectivity index (χ2v) is 3.78. The van der Waals surface area contributed by atoms with Crippen LogP contribution in [0.2, 0.25) is 0 Å². The molecule has 1 unspecified atom stereocenters. The van der Waals surface area contributed by atoms with Gasteiger partial charge >= 0.3 is 5.97 Å². The predicted octanol–water partition coefficient (Wildman–Crippen LogP) is 0.614. The Morgan fingerprint density at radius 1 is 1.38 bits per heavy atom. The van der Waals surface area contributed by atoms with Crippen LogP contribution in [0.15, 0.2) is 0 Å². The zero-order valence-corrected chi connectivity index (χ0v) is 7.40. The van der Waals surface area contributed by atoms with Gasteiger partial charge in [0.15, 0.2) is 0 Å². The van der Waals surface area contributed by atoms with Gasteiger partial charge in [0.2, 0.25) is 5.91 Å². The van der Waals surface area contributed by atoms with Crippen molar-refractivity contribution in [2.45, 2.75) is 44.2 Å². The van der Waals surface area contributed by atoms with E-state index >= 15 is 0 Å². The Labute approximate surface area is 76.5 Å². The van der Waals surface area contributed by atoms with Crippen molar-refractivity contribution in [3.8, 4) is 0 Å². The predicted molar refractivity (Wildman–Crippen MR) is 45.1 cm³/mol. The molecule has 1 atom stereocenters. The van der Waals surface area contributed by atoms with Gasteiger partial charge in [0.25, 0.3) is 0 Å². The molecule has 1 amide bonds. The van der Waals surface area contributed by atoms with Gasteiger partial charge in [-0.25, -0.2) is 4.79 Å². The fraction of sp³-hybridized carbons (Fsp3) is 0.778. The van der Waals surface area contributed by atoms with E-state index in [1.165, 1.54) is 0 Å². The zero-order chi connectivity index (χ0) is 9.42. The van der Waals surface area contributed by atoms with Crippen LogP contribution in [-0.2, 0) is 9.59 Å². The number of carbonyl (C=O) groups is 2. The number of aliphatic carboxylic acids is 1. The molecule has 1 heterocycles. The molecule has 13 heavy (non-hydrogen) atoms. The third kappa shape index (κ3) is 1.30. The van der Waals surface area contributed by atoms with E-state index < -0.39 is 12.0 Å². The minimum absolute atomic E-state index is 0.0251. The lowest BCUT2D eigenvalue weighted by atomic mass is 9.91. The third-order valence-corrected chi connectivity index (χ3v) is 3.01. The first-order valence-electron chi connectivity index (χ1n) is 4.74. The lowest BCUT2D eigenvalue weighted by Gasteiger charge is -2.37. The van der Waals surface area contributed by atoms with E-state index in [2.05, 4.69) is 0 Å². The van der Waals surface area contributed by atoms with Gasteiger partial charge in [-0.1, -0.05) is 0 Å². The summed E-state index contributed by atoms with van der Waals surface area (Å²) in [5.74, 6) is -0.824.